The molecule has 0 aliphatic carbocycles. The average molecular weight is 387 g/mol. The van der Waals surface area contributed by atoms with Crippen LogP contribution in [0.3, 0.4) is 0 Å². The van der Waals surface area contributed by atoms with E-state index in [-0.39, 0.29) is 0 Å². The van der Waals surface area contributed by atoms with Crippen LogP contribution in [0.1, 0.15) is 29.8 Å². The Bertz CT molecular complexity index is 759. The van der Waals surface area contributed by atoms with Crippen molar-refractivity contribution in [2.24, 2.45) is 0 Å². The summed E-state index contributed by atoms with van der Waals surface area (Å²) < 4.78 is 36.6. The molecule has 8 nitrogen and oxygen atoms in total. The third-order valence-electron chi connectivity index (χ3n) is 3.94. The van der Waals surface area contributed by atoms with Gasteiger partial charge in [0, 0.05) is 30.4 Å². The molecule has 0 atom stereocenters. The number of hydrogen-bond donors (Lipinski definition) is 2. The molecular formula is C16H20F3N5O3. The van der Waals surface area contributed by atoms with Crippen molar-refractivity contribution in [3.05, 3.63) is 29.3 Å². The molecule has 148 valence electrons. The minimum Gasteiger partial charge on any atom is -0.475 e. The lowest BCUT2D eigenvalue weighted by molar-refractivity contribution is -0.192. The van der Waals surface area contributed by atoms with E-state index in [4.69, 9.17) is 14.4 Å². The highest BCUT2D eigenvalue weighted by atomic mass is 19.4. The number of rotatable bonds is 4. The number of carbonyl (C=O) groups is 1. The van der Waals surface area contributed by atoms with Crippen molar-refractivity contribution in [2.75, 3.05) is 23.3 Å². The number of aliphatic carboxylic acids is 1. The second kappa shape index (κ2) is 8.69. The van der Waals surface area contributed by atoms with Gasteiger partial charge in [0.1, 0.15) is 17.8 Å². The first-order valence-corrected chi connectivity index (χ1v) is 8.22. The molecule has 0 unspecified atom stereocenters. The molecule has 0 spiro atoms. The zero-order chi connectivity index (χ0) is 20.0. The van der Waals surface area contributed by atoms with Crippen LogP contribution in [0.5, 0.6) is 0 Å². The van der Waals surface area contributed by atoms with E-state index in [1.54, 1.807) is 6.26 Å². The fourth-order valence-corrected chi connectivity index (χ4v) is 2.35. The lowest BCUT2D eigenvalue weighted by Gasteiger charge is -2.18. The molecule has 0 radical (unpaired) electrons. The maximum atomic E-state index is 10.6. The number of nitrogens with one attached hydrogen (secondary N) is 1. The summed E-state index contributed by atoms with van der Waals surface area (Å²) in [4.78, 5) is 20.4. The Morgan fingerprint density at radius 2 is 1.93 bits per heavy atom. The van der Waals surface area contributed by atoms with Crippen LogP contribution in [0.25, 0.3) is 0 Å². The second-order valence-electron chi connectivity index (χ2n) is 5.92. The Balaban J connectivity index is 0.000000321. The van der Waals surface area contributed by atoms with E-state index in [1.165, 1.54) is 12.8 Å². The van der Waals surface area contributed by atoms with Crippen LogP contribution in [0.2, 0.25) is 0 Å². The summed E-state index contributed by atoms with van der Waals surface area (Å²) >= 11 is 0. The first-order valence-electron chi connectivity index (χ1n) is 8.22. The van der Waals surface area contributed by atoms with Crippen molar-refractivity contribution in [2.45, 2.75) is 39.4 Å². The predicted octanol–water partition coefficient (Wildman–Crippen LogP) is 2.93. The SMILES string of the molecule is Cc1nc(N2CCCC2)nc(NCc2ccon2)c1C.O=C(O)C(F)(F)F. The summed E-state index contributed by atoms with van der Waals surface area (Å²) in [6, 6.07) is 1.85. The van der Waals surface area contributed by atoms with E-state index < -0.39 is 12.1 Å². The lowest BCUT2D eigenvalue weighted by Crippen LogP contribution is -2.22. The normalized spacial score (nSPS) is 13.9. The molecule has 0 saturated carbocycles. The fourth-order valence-electron chi connectivity index (χ4n) is 2.35. The molecule has 0 bridgehead atoms. The van der Waals surface area contributed by atoms with Crippen LogP contribution in [0.4, 0.5) is 24.9 Å². The summed E-state index contributed by atoms with van der Waals surface area (Å²) in [5.41, 5.74) is 2.96. The maximum Gasteiger partial charge on any atom is 0.490 e. The first-order chi connectivity index (χ1) is 12.7. The number of carboxylic acid groups (broad SMARTS) is 1. The molecule has 0 aromatic carbocycles. The zero-order valence-electron chi connectivity index (χ0n) is 14.9. The van der Waals surface area contributed by atoms with Crippen LogP contribution in [0.15, 0.2) is 16.9 Å². The van der Waals surface area contributed by atoms with Crippen LogP contribution in [-0.4, -0.2) is 45.5 Å². The van der Waals surface area contributed by atoms with E-state index >= 15 is 0 Å². The molecule has 1 saturated heterocycles. The van der Waals surface area contributed by atoms with Crippen molar-refractivity contribution < 1.29 is 27.6 Å². The maximum absolute atomic E-state index is 10.6. The monoisotopic (exact) mass is 387 g/mol. The van der Waals surface area contributed by atoms with Crippen LogP contribution in [0, 0.1) is 13.8 Å². The van der Waals surface area contributed by atoms with E-state index in [0.717, 1.165) is 41.8 Å². The number of carboxylic acids is 1. The molecule has 1 aliphatic heterocycles. The van der Waals surface area contributed by atoms with Crippen LogP contribution < -0.4 is 10.2 Å². The molecule has 27 heavy (non-hydrogen) atoms. The van der Waals surface area contributed by atoms with Gasteiger partial charge < -0.3 is 19.8 Å². The van der Waals surface area contributed by atoms with Crippen molar-refractivity contribution in [1.82, 2.24) is 15.1 Å². The Kier molecular flexibility index (Phi) is 6.59. The van der Waals surface area contributed by atoms with Crippen molar-refractivity contribution in [3.8, 4) is 0 Å². The summed E-state index contributed by atoms with van der Waals surface area (Å²) in [6.45, 7) is 6.76. The highest BCUT2D eigenvalue weighted by molar-refractivity contribution is 5.73. The molecule has 0 amide bonds. The average Bonchev–Trinajstić information content (AvgIpc) is 3.29. The fraction of sp³-hybridized carbons (Fsp3) is 0.500. The highest BCUT2D eigenvalue weighted by Gasteiger charge is 2.38. The van der Waals surface area contributed by atoms with Gasteiger partial charge in [-0.1, -0.05) is 5.16 Å². The van der Waals surface area contributed by atoms with Crippen molar-refractivity contribution >= 4 is 17.7 Å². The van der Waals surface area contributed by atoms with Gasteiger partial charge in [-0.25, -0.2) is 9.78 Å². The zero-order valence-corrected chi connectivity index (χ0v) is 14.9. The predicted molar refractivity (Wildman–Crippen MR) is 90.5 cm³/mol. The topological polar surface area (TPSA) is 104 Å². The van der Waals surface area contributed by atoms with Crippen LogP contribution >= 0.6 is 0 Å². The number of aryl methyl sites for hydroxylation is 1. The Labute approximate surface area is 153 Å². The Morgan fingerprint density at radius 3 is 2.44 bits per heavy atom. The quantitative estimate of drug-likeness (QED) is 0.825. The van der Waals surface area contributed by atoms with Crippen molar-refractivity contribution in [1.29, 1.82) is 0 Å². The van der Waals surface area contributed by atoms with Gasteiger partial charge in [-0.05, 0) is 26.7 Å². The summed E-state index contributed by atoms with van der Waals surface area (Å²) in [6.07, 6.45) is -1.07. The second-order valence-corrected chi connectivity index (χ2v) is 5.92. The van der Waals surface area contributed by atoms with Gasteiger partial charge in [0.05, 0.1) is 6.54 Å². The van der Waals surface area contributed by atoms with Crippen molar-refractivity contribution in [3.63, 3.8) is 0 Å². The standard InChI is InChI=1S/C14H19N5O.C2HF3O2/c1-10-11(2)16-14(19-6-3-4-7-19)17-13(10)15-9-12-5-8-20-18-12;3-2(4,5)1(6)7/h5,8H,3-4,6-7,9H2,1-2H3,(H,15,16,17);(H,6,7). The van der Waals surface area contributed by atoms with Gasteiger partial charge in [-0.2, -0.15) is 18.2 Å². The van der Waals surface area contributed by atoms with Gasteiger partial charge in [0.2, 0.25) is 5.95 Å². The number of alkyl halides is 3. The third-order valence-corrected chi connectivity index (χ3v) is 3.94. The van der Waals surface area contributed by atoms with Gasteiger partial charge in [-0.3, -0.25) is 0 Å². The molecule has 1 fully saturated rings. The number of anilines is 2. The molecule has 11 heteroatoms. The number of aromatic nitrogens is 3. The van der Waals surface area contributed by atoms with Gasteiger partial charge in [-0.15, -0.1) is 0 Å². The first kappa shape index (κ1) is 20.5. The summed E-state index contributed by atoms with van der Waals surface area (Å²) in [5.74, 6) is -1.05. The summed E-state index contributed by atoms with van der Waals surface area (Å²) in [7, 11) is 0. The van der Waals surface area contributed by atoms with E-state index in [0.29, 0.717) is 6.54 Å². The summed E-state index contributed by atoms with van der Waals surface area (Å²) in [5, 5.41) is 14.3. The highest BCUT2D eigenvalue weighted by Crippen LogP contribution is 2.22. The number of nitrogens with zero attached hydrogens (tertiary/aromatic N) is 4. The molecule has 3 heterocycles. The molecule has 1 aliphatic rings. The van der Waals surface area contributed by atoms with Crippen LogP contribution in [-0.2, 0) is 11.3 Å². The number of hydrogen-bond acceptors (Lipinski definition) is 7. The molecular weight excluding hydrogens is 367 g/mol. The Hall–Kier alpha value is -2.85. The largest absolute Gasteiger partial charge is 0.490 e. The molecule has 2 aromatic rings. The molecule has 2 N–H and O–H groups in total. The molecule has 2 aromatic heterocycles. The number of halogens is 3. The van der Waals surface area contributed by atoms with Gasteiger partial charge in [0.15, 0.2) is 0 Å². The molecule has 3 rings (SSSR count). The minimum atomic E-state index is -5.08. The lowest BCUT2D eigenvalue weighted by atomic mass is 10.2. The smallest absolute Gasteiger partial charge is 0.475 e. The van der Waals surface area contributed by atoms with E-state index in [9.17, 15) is 13.2 Å². The van der Waals surface area contributed by atoms with E-state index in [1.807, 2.05) is 19.9 Å². The van der Waals surface area contributed by atoms with E-state index in [2.05, 4.69) is 25.3 Å². The Morgan fingerprint density at radius 1 is 1.30 bits per heavy atom. The minimum absolute atomic E-state index is 0.604. The van der Waals surface area contributed by atoms with Gasteiger partial charge >= 0.3 is 12.1 Å². The van der Waals surface area contributed by atoms with Gasteiger partial charge in [0.25, 0.3) is 0 Å². The third kappa shape index (κ3) is 5.83.